The number of hydrogen-bond acceptors (Lipinski definition) is 6. The molecule has 0 aliphatic carbocycles. The number of rotatable bonds is 6. The first-order valence-corrected chi connectivity index (χ1v) is 14.1. The molecule has 0 bridgehead atoms. The summed E-state index contributed by atoms with van der Waals surface area (Å²) in [5.41, 5.74) is -2.11. The zero-order valence-corrected chi connectivity index (χ0v) is 22.9. The molecule has 0 amide bonds. The molecular weight excluding hydrogens is 596 g/mol. The summed E-state index contributed by atoms with van der Waals surface area (Å²) in [5.74, 6) is 1.76. The van der Waals surface area contributed by atoms with E-state index in [1.807, 2.05) is 12.1 Å². The topological polar surface area (TPSA) is 81.7 Å². The molecule has 2 aromatic heterocycles. The number of aryl methyl sites for hydroxylation is 1. The Morgan fingerprint density at radius 3 is 2.15 bits per heavy atom. The van der Waals surface area contributed by atoms with Gasteiger partial charge in [0.15, 0.2) is 17.3 Å². The number of aromatic nitrogens is 6. The Morgan fingerprint density at radius 2 is 1.54 bits per heavy atom. The highest BCUT2D eigenvalue weighted by atomic mass is 35.5. The monoisotopic (exact) mass is 617 g/mol. The number of benzene rings is 2. The van der Waals surface area contributed by atoms with Gasteiger partial charge in [-0.2, -0.15) is 26.3 Å². The van der Waals surface area contributed by atoms with Crippen molar-refractivity contribution in [1.82, 2.24) is 29.8 Å². The minimum absolute atomic E-state index is 0.0804. The SMILES string of the molecule is Cc1nnc(-c2nnn(Cc3cc(C(F)(F)F)cc(C(F)(F)F)c3)c2N2CCS(=O)CC2)n1Cc1ccccc1Cl. The highest BCUT2D eigenvalue weighted by molar-refractivity contribution is 7.85. The van der Waals surface area contributed by atoms with Gasteiger partial charge in [-0.25, -0.2) is 4.68 Å². The minimum Gasteiger partial charge on any atom is -0.353 e. The Labute approximate surface area is 237 Å². The molecule has 0 atom stereocenters. The summed E-state index contributed by atoms with van der Waals surface area (Å²) < 4.78 is 96.0. The Balaban J connectivity index is 1.61. The standard InChI is InChI=1S/C25H22ClF6N7OS/c1-15-33-35-22(38(15)14-17-4-2-3-5-20(17)26)21-23(37-6-8-41(40)9-7-37)39(36-34-21)13-16-10-18(24(27,28)29)12-19(11-16)25(30,31)32/h2-5,10-12H,6-9,13-14H2,1H3. The van der Waals surface area contributed by atoms with Crippen LogP contribution in [0.3, 0.4) is 0 Å². The number of halogens is 7. The van der Waals surface area contributed by atoms with Gasteiger partial charge < -0.3 is 9.47 Å². The first-order chi connectivity index (χ1) is 19.3. The zero-order chi connectivity index (χ0) is 29.5. The van der Waals surface area contributed by atoms with Crippen molar-refractivity contribution < 1.29 is 30.6 Å². The Hall–Kier alpha value is -3.46. The molecule has 1 saturated heterocycles. The second-order valence-electron chi connectivity index (χ2n) is 9.42. The minimum atomic E-state index is -4.99. The van der Waals surface area contributed by atoms with Crippen LogP contribution in [0.15, 0.2) is 42.5 Å². The Morgan fingerprint density at radius 1 is 0.902 bits per heavy atom. The molecule has 0 spiro atoms. The normalized spacial score (nSPS) is 15.1. The van der Waals surface area contributed by atoms with E-state index < -0.39 is 40.8 Å². The van der Waals surface area contributed by atoms with Crippen molar-refractivity contribution in [2.45, 2.75) is 32.4 Å². The Bertz CT molecular complexity index is 1560. The third-order valence-corrected chi connectivity index (χ3v) is 8.24. The van der Waals surface area contributed by atoms with Gasteiger partial charge in [0.25, 0.3) is 0 Å². The third kappa shape index (κ3) is 6.25. The largest absolute Gasteiger partial charge is 0.416 e. The molecule has 3 heterocycles. The molecule has 1 aliphatic rings. The maximum absolute atomic E-state index is 13.5. The summed E-state index contributed by atoms with van der Waals surface area (Å²) in [5, 5.41) is 17.3. The fourth-order valence-electron chi connectivity index (χ4n) is 4.55. The van der Waals surface area contributed by atoms with Gasteiger partial charge in [-0.05, 0) is 42.3 Å². The van der Waals surface area contributed by atoms with E-state index in [-0.39, 0.29) is 29.7 Å². The van der Waals surface area contributed by atoms with Crippen molar-refractivity contribution >= 4 is 28.2 Å². The highest BCUT2D eigenvalue weighted by Crippen LogP contribution is 2.37. The van der Waals surface area contributed by atoms with Crippen LogP contribution in [0.1, 0.15) is 28.1 Å². The van der Waals surface area contributed by atoms with E-state index >= 15 is 0 Å². The van der Waals surface area contributed by atoms with Crippen LogP contribution in [0.5, 0.6) is 0 Å². The molecule has 16 heteroatoms. The Kier molecular flexibility index (Phi) is 7.85. The van der Waals surface area contributed by atoms with Crippen molar-refractivity contribution in [2.24, 2.45) is 0 Å². The number of anilines is 1. The van der Waals surface area contributed by atoms with Crippen molar-refractivity contribution in [3.05, 3.63) is 75.6 Å². The van der Waals surface area contributed by atoms with Crippen LogP contribution < -0.4 is 4.90 Å². The number of alkyl halides is 6. The van der Waals surface area contributed by atoms with Crippen molar-refractivity contribution in [2.75, 3.05) is 29.5 Å². The molecule has 1 fully saturated rings. The molecule has 0 radical (unpaired) electrons. The second-order valence-corrected chi connectivity index (χ2v) is 11.5. The lowest BCUT2D eigenvalue weighted by molar-refractivity contribution is -0.143. The van der Waals surface area contributed by atoms with E-state index in [1.54, 1.807) is 28.5 Å². The molecule has 218 valence electrons. The zero-order valence-electron chi connectivity index (χ0n) is 21.4. The van der Waals surface area contributed by atoms with Gasteiger partial charge in [0, 0.05) is 40.4 Å². The van der Waals surface area contributed by atoms with Crippen LogP contribution in [0.25, 0.3) is 11.5 Å². The molecule has 0 saturated carbocycles. The fourth-order valence-corrected chi connectivity index (χ4v) is 5.80. The van der Waals surface area contributed by atoms with Crippen LogP contribution in [0.4, 0.5) is 32.2 Å². The maximum Gasteiger partial charge on any atom is 0.416 e. The maximum atomic E-state index is 13.5. The lowest BCUT2D eigenvalue weighted by Gasteiger charge is -2.29. The summed E-state index contributed by atoms with van der Waals surface area (Å²) in [6.07, 6.45) is -9.98. The summed E-state index contributed by atoms with van der Waals surface area (Å²) in [7, 11) is -1.06. The van der Waals surface area contributed by atoms with E-state index in [0.717, 1.165) is 5.56 Å². The third-order valence-electron chi connectivity index (χ3n) is 6.60. The summed E-state index contributed by atoms with van der Waals surface area (Å²) in [4.78, 5) is 1.80. The lowest BCUT2D eigenvalue weighted by Crippen LogP contribution is -2.39. The summed E-state index contributed by atoms with van der Waals surface area (Å²) in [6, 6.07) is 8.57. The second kappa shape index (κ2) is 11.1. The average molecular weight is 618 g/mol. The molecule has 8 nitrogen and oxygen atoms in total. The molecule has 0 unspecified atom stereocenters. The van der Waals surface area contributed by atoms with Gasteiger partial charge in [-0.1, -0.05) is 35.0 Å². The highest BCUT2D eigenvalue weighted by Gasteiger charge is 2.37. The van der Waals surface area contributed by atoms with Gasteiger partial charge in [0.2, 0.25) is 0 Å². The first-order valence-electron chi connectivity index (χ1n) is 12.3. The predicted octanol–water partition coefficient (Wildman–Crippen LogP) is 5.20. The quantitative estimate of drug-likeness (QED) is 0.277. The van der Waals surface area contributed by atoms with Crippen LogP contribution in [0, 0.1) is 6.92 Å². The van der Waals surface area contributed by atoms with Crippen LogP contribution >= 0.6 is 11.6 Å². The van der Waals surface area contributed by atoms with Crippen molar-refractivity contribution in [3.8, 4) is 11.5 Å². The van der Waals surface area contributed by atoms with Gasteiger partial charge in [-0.15, -0.1) is 15.3 Å². The van der Waals surface area contributed by atoms with E-state index in [1.165, 1.54) is 4.68 Å². The molecule has 5 rings (SSSR count). The molecule has 2 aromatic carbocycles. The number of hydrogen-bond donors (Lipinski definition) is 0. The van der Waals surface area contributed by atoms with Gasteiger partial charge in [0.1, 0.15) is 5.82 Å². The molecule has 4 aromatic rings. The molecular formula is C25H22ClF6N7OS. The van der Waals surface area contributed by atoms with Crippen LogP contribution in [-0.2, 0) is 36.2 Å². The fraction of sp³-hybridized carbons (Fsp3) is 0.360. The van der Waals surface area contributed by atoms with Crippen molar-refractivity contribution in [3.63, 3.8) is 0 Å². The van der Waals surface area contributed by atoms with Crippen LogP contribution in [-0.4, -0.2) is 58.6 Å². The molecule has 41 heavy (non-hydrogen) atoms. The number of nitrogens with zero attached hydrogens (tertiary/aromatic N) is 7. The molecule has 0 N–H and O–H groups in total. The molecule has 1 aliphatic heterocycles. The summed E-state index contributed by atoms with van der Waals surface area (Å²) in [6.45, 7) is 2.17. The van der Waals surface area contributed by atoms with Gasteiger partial charge in [0.05, 0.1) is 24.2 Å². The summed E-state index contributed by atoms with van der Waals surface area (Å²) >= 11 is 6.36. The van der Waals surface area contributed by atoms with E-state index in [0.29, 0.717) is 53.4 Å². The lowest BCUT2D eigenvalue weighted by atomic mass is 10.0. The van der Waals surface area contributed by atoms with Crippen molar-refractivity contribution in [1.29, 1.82) is 0 Å². The van der Waals surface area contributed by atoms with E-state index in [2.05, 4.69) is 20.5 Å². The predicted molar refractivity (Wildman–Crippen MR) is 140 cm³/mol. The van der Waals surface area contributed by atoms with E-state index in [9.17, 15) is 30.6 Å². The van der Waals surface area contributed by atoms with Gasteiger partial charge >= 0.3 is 12.4 Å². The smallest absolute Gasteiger partial charge is 0.353 e. The van der Waals surface area contributed by atoms with Gasteiger partial charge in [-0.3, -0.25) is 4.21 Å². The van der Waals surface area contributed by atoms with E-state index in [4.69, 9.17) is 11.6 Å². The average Bonchev–Trinajstić information content (AvgIpc) is 3.47. The van der Waals surface area contributed by atoms with Crippen LogP contribution in [0.2, 0.25) is 5.02 Å². The first kappa shape index (κ1) is 29.0.